The van der Waals surface area contributed by atoms with Gasteiger partial charge in [0.25, 0.3) is 0 Å². The van der Waals surface area contributed by atoms with Crippen molar-refractivity contribution in [1.29, 1.82) is 0 Å². The van der Waals surface area contributed by atoms with Gasteiger partial charge in [-0.05, 0) is 184 Å². The van der Waals surface area contributed by atoms with Crippen molar-refractivity contribution in [3.8, 4) is 0 Å². The summed E-state index contributed by atoms with van der Waals surface area (Å²) in [6.45, 7) is 13.8. The van der Waals surface area contributed by atoms with Gasteiger partial charge in [0.05, 0.1) is 12.2 Å². The Hall–Kier alpha value is -3.72. The molecule has 0 amide bonds. The highest BCUT2D eigenvalue weighted by Gasteiger charge is 2.60. The van der Waals surface area contributed by atoms with Crippen LogP contribution in [0.15, 0.2) is 72.4 Å². The van der Waals surface area contributed by atoms with Gasteiger partial charge in [-0.15, -0.1) is 0 Å². The first-order valence-corrected chi connectivity index (χ1v) is 39.3. The van der Waals surface area contributed by atoms with Crippen LogP contribution in [0.1, 0.15) is 363 Å². The second-order valence-electron chi connectivity index (χ2n) is 29.1. The molecule has 92 heavy (non-hydrogen) atoms. The standard InChI is InChI=1S/C83H140O9/c1-7-11-15-19-21-23-25-27-29-31-33-35-39-44-50-55-78(84)88-68-73(91-80(86)57-52-46-40-36-34-32-30-28-26-24-22-20-16-12-8-2)69-89-79(85)56-51-45-41-37-38-43-48-54-71(53-47-42-17-13-9-3)90-72-63-65-82(5)70(67-72)59-60-74-75-61-62-77(83(75,6)66-64-76(74)82)92-81(87)58-49-18-14-10-4/h22,24,27-30,47-48,53-54,67,71-77H,7-21,23,25-26,31-46,49-52,55-66,68-69H2,1-6H3/b24-22-,29-27-,30-28-,53-47-,54-48-/t71?,72?,73?,74-,75?,76?,77-,82-,83-/m0/s1. The lowest BCUT2D eigenvalue weighted by Crippen LogP contribution is -2.52. The van der Waals surface area contributed by atoms with Gasteiger partial charge in [0.15, 0.2) is 6.10 Å². The summed E-state index contributed by atoms with van der Waals surface area (Å²) in [7, 11) is 0. The van der Waals surface area contributed by atoms with Crippen LogP contribution < -0.4 is 0 Å². The predicted octanol–water partition coefficient (Wildman–Crippen LogP) is 23.9. The Bertz CT molecular complexity index is 2120. The maximum atomic E-state index is 13.1. The summed E-state index contributed by atoms with van der Waals surface area (Å²) in [5.74, 6) is 1.13. The number of carbonyl (C=O) groups excluding carboxylic acids is 4. The summed E-state index contributed by atoms with van der Waals surface area (Å²) in [5, 5.41) is 0. The molecule has 4 aliphatic carbocycles. The summed E-state index contributed by atoms with van der Waals surface area (Å²) in [6, 6.07) is 0. The largest absolute Gasteiger partial charge is 0.462 e. The number of hydrogen-bond acceptors (Lipinski definition) is 9. The normalized spacial score (nSPS) is 22.9. The molecule has 0 spiro atoms. The molecule has 0 aromatic heterocycles. The summed E-state index contributed by atoms with van der Waals surface area (Å²) < 4.78 is 30.4. The third kappa shape index (κ3) is 34.3. The first-order valence-electron chi connectivity index (χ1n) is 39.3. The fraction of sp³-hybridized carbons (Fsp3) is 0.807. The van der Waals surface area contributed by atoms with Crippen molar-refractivity contribution in [3.05, 3.63) is 72.4 Å². The van der Waals surface area contributed by atoms with Gasteiger partial charge >= 0.3 is 23.9 Å². The van der Waals surface area contributed by atoms with Crippen molar-refractivity contribution in [3.63, 3.8) is 0 Å². The van der Waals surface area contributed by atoms with Crippen molar-refractivity contribution in [2.24, 2.45) is 28.6 Å². The zero-order valence-corrected chi connectivity index (χ0v) is 60.3. The van der Waals surface area contributed by atoms with Gasteiger partial charge < -0.3 is 23.7 Å². The van der Waals surface area contributed by atoms with E-state index in [9.17, 15) is 19.2 Å². The van der Waals surface area contributed by atoms with E-state index in [1.165, 1.54) is 141 Å². The van der Waals surface area contributed by atoms with Crippen molar-refractivity contribution in [2.45, 2.75) is 387 Å². The maximum absolute atomic E-state index is 13.1. The molecule has 0 bridgehead atoms. The SMILES string of the molecule is CCCCC/C=C\C/C=C\CCCCCCCC(=O)OC(COC(=O)CCCCCCC/C=C\CCCCCCCC)COC(=O)CCCCCCC/C=C\C(/C=C\CCCCC)OC1C=C2CC[C@@H]3C(CC[C@@]4(C)C3CC[C@@H]4OC(=O)CCCCCC)[C@@]2(C)CC1. The minimum absolute atomic E-state index is 0.0298. The molecular weight excluding hydrogens is 1140 g/mol. The molecule has 4 rings (SSSR count). The average molecular weight is 1280 g/mol. The highest BCUT2D eigenvalue weighted by molar-refractivity contribution is 5.71. The zero-order valence-electron chi connectivity index (χ0n) is 60.3. The molecular formula is C83H140O9. The molecule has 0 radical (unpaired) electrons. The number of unbranched alkanes of at least 4 members (excludes halogenated alkanes) is 30. The van der Waals surface area contributed by atoms with E-state index in [0.717, 1.165) is 154 Å². The van der Waals surface area contributed by atoms with Gasteiger partial charge in [0.2, 0.25) is 0 Å². The van der Waals surface area contributed by atoms with E-state index >= 15 is 0 Å². The average Bonchev–Trinajstić information content (AvgIpc) is 1.33. The van der Waals surface area contributed by atoms with Crippen molar-refractivity contribution in [1.82, 2.24) is 0 Å². The lowest BCUT2D eigenvalue weighted by atomic mass is 9.47. The number of ether oxygens (including phenoxy) is 5. The van der Waals surface area contributed by atoms with Gasteiger partial charge in [-0.25, -0.2) is 0 Å². The van der Waals surface area contributed by atoms with Crippen molar-refractivity contribution >= 4 is 23.9 Å². The van der Waals surface area contributed by atoms with E-state index in [0.29, 0.717) is 43.4 Å². The van der Waals surface area contributed by atoms with Crippen LogP contribution in [0.5, 0.6) is 0 Å². The Labute approximate surface area is 565 Å². The molecule has 0 heterocycles. The fourth-order valence-electron chi connectivity index (χ4n) is 15.6. The highest BCUT2D eigenvalue weighted by Crippen LogP contribution is 2.66. The summed E-state index contributed by atoms with van der Waals surface area (Å²) in [6.07, 6.45) is 78.5. The van der Waals surface area contributed by atoms with E-state index in [2.05, 4.69) is 108 Å². The molecule has 0 aromatic carbocycles. The van der Waals surface area contributed by atoms with Gasteiger partial charge in [-0.3, -0.25) is 19.2 Å². The number of esters is 4. The molecule has 5 unspecified atom stereocenters. The Balaban J connectivity index is 1.15. The number of fused-ring (bicyclic) bond motifs is 5. The second-order valence-corrected chi connectivity index (χ2v) is 29.1. The molecule has 4 aliphatic rings. The molecule has 0 saturated heterocycles. The predicted molar refractivity (Wildman–Crippen MR) is 384 cm³/mol. The minimum Gasteiger partial charge on any atom is -0.462 e. The molecule has 0 aromatic rings. The Morgan fingerprint density at radius 3 is 1.39 bits per heavy atom. The smallest absolute Gasteiger partial charge is 0.306 e. The number of carbonyl (C=O) groups is 4. The van der Waals surface area contributed by atoms with E-state index in [-0.39, 0.29) is 66.2 Å². The maximum Gasteiger partial charge on any atom is 0.306 e. The summed E-state index contributed by atoms with van der Waals surface area (Å²) in [4.78, 5) is 51.9. The first kappa shape index (κ1) is 80.7. The summed E-state index contributed by atoms with van der Waals surface area (Å²) in [5.41, 5.74) is 1.97. The third-order valence-electron chi connectivity index (χ3n) is 21.3. The van der Waals surface area contributed by atoms with Crippen LogP contribution in [-0.2, 0) is 42.9 Å². The summed E-state index contributed by atoms with van der Waals surface area (Å²) >= 11 is 0. The quantitative estimate of drug-likeness (QED) is 0.0254. The monoisotopic (exact) mass is 1280 g/mol. The van der Waals surface area contributed by atoms with Gasteiger partial charge in [-0.1, -0.05) is 249 Å². The highest BCUT2D eigenvalue weighted by atomic mass is 16.6. The van der Waals surface area contributed by atoms with Crippen LogP contribution in [0.4, 0.5) is 0 Å². The van der Waals surface area contributed by atoms with Crippen LogP contribution in [0.25, 0.3) is 0 Å². The topological polar surface area (TPSA) is 114 Å². The molecule has 0 aliphatic heterocycles. The molecule has 9 nitrogen and oxygen atoms in total. The van der Waals surface area contributed by atoms with Crippen LogP contribution in [-0.4, -0.2) is 61.5 Å². The lowest BCUT2D eigenvalue weighted by Gasteiger charge is -2.58. The third-order valence-corrected chi connectivity index (χ3v) is 21.3. The molecule has 0 N–H and O–H groups in total. The lowest BCUT2D eigenvalue weighted by molar-refractivity contribution is -0.167. The van der Waals surface area contributed by atoms with Crippen LogP contribution in [0.2, 0.25) is 0 Å². The van der Waals surface area contributed by atoms with Crippen LogP contribution in [0, 0.1) is 28.6 Å². The molecule has 3 fully saturated rings. The van der Waals surface area contributed by atoms with E-state index < -0.39 is 6.10 Å². The zero-order chi connectivity index (χ0) is 66.0. The second kappa shape index (κ2) is 51.5. The van der Waals surface area contributed by atoms with Crippen LogP contribution >= 0.6 is 0 Å². The Morgan fingerprint density at radius 2 is 0.870 bits per heavy atom. The van der Waals surface area contributed by atoms with Gasteiger partial charge in [-0.2, -0.15) is 0 Å². The Morgan fingerprint density at radius 1 is 0.446 bits per heavy atom. The van der Waals surface area contributed by atoms with Crippen molar-refractivity contribution in [2.75, 3.05) is 13.2 Å². The molecule has 526 valence electrons. The molecule has 9 atom stereocenters. The van der Waals surface area contributed by atoms with Crippen LogP contribution in [0.3, 0.4) is 0 Å². The Kier molecular flexibility index (Phi) is 45.2. The van der Waals surface area contributed by atoms with Gasteiger partial charge in [0.1, 0.15) is 19.3 Å². The van der Waals surface area contributed by atoms with E-state index in [4.69, 9.17) is 23.7 Å². The van der Waals surface area contributed by atoms with Gasteiger partial charge in [0, 0.05) is 31.1 Å². The number of allylic oxidation sites excluding steroid dienone is 9. The molecule has 9 heteroatoms. The number of hydrogen-bond donors (Lipinski definition) is 0. The fourth-order valence-corrected chi connectivity index (χ4v) is 15.6. The first-order chi connectivity index (χ1) is 45.0. The molecule has 3 saturated carbocycles. The number of rotatable bonds is 56. The van der Waals surface area contributed by atoms with Crippen molar-refractivity contribution < 1.29 is 42.9 Å². The van der Waals surface area contributed by atoms with E-state index in [1.807, 2.05) is 0 Å². The minimum atomic E-state index is -0.821. The van der Waals surface area contributed by atoms with E-state index in [1.54, 1.807) is 5.57 Å².